The van der Waals surface area contributed by atoms with Gasteiger partial charge in [0.05, 0.1) is 17.7 Å². The number of carbonyl (C=O) groups excluding carboxylic acids is 1. The summed E-state index contributed by atoms with van der Waals surface area (Å²) in [5.74, 6) is -0.990. The summed E-state index contributed by atoms with van der Waals surface area (Å²) in [5, 5.41) is 12.1. The summed E-state index contributed by atoms with van der Waals surface area (Å²) in [6, 6.07) is 8.14. The van der Waals surface area contributed by atoms with Gasteiger partial charge in [-0.25, -0.2) is 4.39 Å². The van der Waals surface area contributed by atoms with Gasteiger partial charge in [-0.3, -0.25) is 4.79 Å². The van der Waals surface area contributed by atoms with Gasteiger partial charge in [0, 0.05) is 5.69 Å². The quantitative estimate of drug-likeness (QED) is 0.912. The number of phenolic OH excluding ortho intramolecular Hbond substituents is 1. The van der Waals surface area contributed by atoms with E-state index in [1.54, 1.807) is 0 Å². The first-order chi connectivity index (χ1) is 9.51. The molecule has 0 heterocycles. The average Bonchev–Trinajstić information content (AvgIpc) is 2.43. The van der Waals surface area contributed by atoms with Crippen molar-refractivity contribution in [2.24, 2.45) is 0 Å². The summed E-state index contributed by atoms with van der Waals surface area (Å²) in [5.41, 5.74) is 0.263. The van der Waals surface area contributed by atoms with Gasteiger partial charge >= 0.3 is 0 Å². The fraction of sp³-hybridized carbons (Fsp3) is 0.0714. The highest BCUT2D eigenvalue weighted by Gasteiger charge is 2.13. The Labute approximate surface area is 119 Å². The van der Waals surface area contributed by atoms with Crippen LogP contribution in [0.5, 0.6) is 11.5 Å². The smallest absolute Gasteiger partial charge is 0.259 e. The molecule has 0 bridgehead atoms. The molecule has 0 aliphatic rings. The molecule has 0 saturated carbocycles. The van der Waals surface area contributed by atoms with E-state index in [9.17, 15) is 14.3 Å². The zero-order valence-corrected chi connectivity index (χ0v) is 11.2. The number of carbonyl (C=O) groups is 1. The van der Waals surface area contributed by atoms with Crippen molar-refractivity contribution in [3.63, 3.8) is 0 Å². The summed E-state index contributed by atoms with van der Waals surface area (Å²) < 4.78 is 18.3. The minimum Gasteiger partial charge on any atom is -0.507 e. The van der Waals surface area contributed by atoms with Crippen molar-refractivity contribution in [3.05, 3.63) is 52.8 Å². The van der Waals surface area contributed by atoms with E-state index < -0.39 is 11.7 Å². The van der Waals surface area contributed by atoms with Crippen LogP contribution in [0.1, 0.15) is 10.4 Å². The summed E-state index contributed by atoms with van der Waals surface area (Å²) in [4.78, 5) is 12.0. The third-order valence-electron chi connectivity index (χ3n) is 2.63. The Kier molecular flexibility index (Phi) is 4.10. The molecule has 0 aliphatic carbocycles. The first kappa shape index (κ1) is 14.1. The maximum atomic E-state index is 13.3. The van der Waals surface area contributed by atoms with Crippen LogP contribution in [0, 0.1) is 5.82 Å². The number of hydrogen-bond acceptors (Lipinski definition) is 3. The molecule has 0 unspecified atom stereocenters. The molecular formula is C14H11ClFNO3. The highest BCUT2D eigenvalue weighted by atomic mass is 35.5. The second-order valence-electron chi connectivity index (χ2n) is 3.97. The minimum atomic E-state index is -0.640. The zero-order chi connectivity index (χ0) is 14.7. The van der Waals surface area contributed by atoms with Crippen molar-refractivity contribution in [2.75, 3.05) is 12.4 Å². The van der Waals surface area contributed by atoms with Crippen LogP contribution < -0.4 is 10.1 Å². The molecule has 2 rings (SSSR count). The Morgan fingerprint density at radius 2 is 2.05 bits per heavy atom. The highest BCUT2D eigenvalue weighted by molar-refractivity contribution is 6.30. The summed E-state index contributed by atoms with van der Waals surface area (Å²) in [6.07, 6.45) is 0. The van der Waals surface area contributed by atoms with Gasteiger partial charge in [-0.15, -0.1) is 0 Å². The molecule has 104 valence electrons. The first-order valence-corrected chi connectivity index (χ1v) is 6.02. The van der Waals surface area contributed by atoms with Crippen LogP contribution in [0.2, 0.25) is 5.02 Å². The van der Waals surface area contributed by atoms with Crippen LogP contribution in [0.15, 0.2) is 36.4 Å². The number of aromatic hydroxyl groups is 1. The van der Waals surface area contributed by atoms with Crippen LogP contribution >= 0.6 is 11.6 Å². The Morgan fingerprint density at radius 1 is 1.30 bits per heavy atom. The number of phenols is 1. The van der Waals surface area contributed by atoms with Crippen molar-refractivity contribution in [1.82, 2.24) is 0 Å². The fourth-order valence-corrected chi connectivity index (χ4v) is 1.71. The van der Waals surface area contributed by atoms with Gasteiger partial charge in [-0.05, 0) is 36.4 Å². The van der Waals surface area contributed by atoms with Crippen molar-refractivity contribution < 1.29 is 19.0 Å². The molecule has 0 saturated heterocycles. The molecule has 0 aliphatic heterocycles. The van der Waals surface area contributed by atoms with Gasteiger partial charge in [0.1, 0.15) is 17.3 Å². The number of rotatable bonds is 3. The first-order valence-electron chi connectivity index (χ1n) is 5.64. The molecule has 0 radical (unpaired) electrons. The van der Waals surface area contributed by atoms with Gasteiger partial charge in [0.25, 0.3) is 5.91 Å². The third-order valence-corrected chi connectivity index (χ3v) is 2.93. The molecule has 2 aromatic carbocycles. The van der Waals surface area contributed by atoms with Crippen LogP contribution in [0.4, 0.5) is 10.1 Å². The van der Waals surface area contributed by atoms with E-state index in [1.165, 1.54) is 37.4 Å². The molecule has 1 amide bonds. The second-order valence-corrected chi connectivity index (χ2v) is 4.37. The number of nitrogens with one attached hydrogen (secondary N) is 1. The van der Waals surface area contributed by atoms with E-state index in [0.717, 1.165) is 6.07 Å². The number of ether oxygens (including phenoxy) is 1. The molecule has 6 heteroatoms. The Hall–Kier alpha value is -2.27. The van der Waals surface area contributed by atoms with Crippen molar-refractivity contribution in [3.8, 4) is 11.5 Å². The lowest BCUT2D eigenvalue weighted by molar-refractivity contribution is 0.102. The predicted molar refractivity (Wildman–Crippen MR) is 74.0 cm³/mol. The van der Waals surface area contributed by atoms with E-state index in [2.05, 4.69) is 5.32 Å². The number of hydrogen-bond donors (Lipinski definition) is 2. The fourth-order valence-electron chi connectivity index (χ4n) is 1.60. The van der Waals surface area contributed by atoms with Crippen molar-refractivity contribution in [1.29, 1.82) is 0 Å². The topological polar surface area (TPSA) is 58.6 Å². The van der Waals surface area contributed by atoms with Crippen LogP contribution in [0.3, 0.4) is 0 Å². The molecule has 0 fully saturated rings. The van der Waals surface area contributed by atoms with Crippen molar-refractivity contribution >= 4 is 23.2 Å². The summed E-state index contributed by atoms with van der Waals surface area (Å²) in [6.45, 7) is 0. The van der Waals surface area contributed by atoms with E-state index in [1.807, 2.05) is 0 Å². The van der Waals surface area contributed by atoms with Crippen LogP contribution in [-0.2, 0) is 0 Å². The van der Waals surface area contributed by atoms with Gasteiger partial charge in [-0.1, -0.05) is 11.6 Å². The zero-order valence-electron chi connectivity index (χ0n) is 10.5. The van der Waals surface area contributed by atoms with Gasteiger partial charge in [0.15, 0.2) is 0 Å². The van der Waals surface area contributed by atoms with E-state index in [0.29, 0.717) is 5.75 Å². The van der Waals surface area contributed by atoms with Crippen molar-refractivity contribution in [2.45, 2.75) is 0 Å². The largest absolute Gasteiger partial charge is 0.507 e. The highest BCUT2D eigenvalue weighted by Crippen LogP contribution is 2.25. The molecule has 2 N–H and O–H groups in total. The Bertz CT molecular complexity index is 661. The molecular weight excluding hydrogens is 285 g/mol. The maximum Gasteiger partial charge on any atom is 0.259 e. The predicted octanol–water partition coefficient (Wildman–Crippen LogP) is 3.45. The number of benzene rings is 2. The number of methoxy groups -OCH3 is 1. The van der Waals surface area contributed by atoms with Crippen LogP contribution in [0.25, 0.3) is 0 Å². The molecule has 4 nitrogen and oxygen atoms in total. The SMILES string of the molecule is COc1ccc(O)c(C(=O)Nc2ccc(Cl)c(F)c2)c1. The summed E-state index contributed by atoms with van der Waals surface area (Å²) >= 11 is 5.55. The standard InChI is InChI=1S/C14H11ClFNO3/c1-20-9-3-5-13(18)10(7-9)14(19)17-8-2-4-11(15)12(16)6-8/h2-7,18H,1H3,(H,17,19). The number of halogens is 2. The van der Waals surface area contributed by atoms with Crippen LogP contribution in [-0.4, -0.2) is 18.1 Å². The number of anilines is 1. The maximum absolute atomic E-state index is 13.3. The Balaban J connectivity index is 2.25. The molecule has 20 heavy (non-hydrogen) atoms. The normalized spacial score (nSPS) is 10.2. The molecule has 0 aromatic heterocycles. The second kappa shape index (κ2) is 5.79. The van der Waals surface area contributed by atoms with Gasteiger partial charge in [-0.2, -0.15) is 0 Å². The van der Waals surface area contributed by atoms with E-state index >= 15 is 0 Å². The monoisotopic (exact) mass is 295 g/mol. The molecule has 0 spiro atoms. The van der Waals surface area contributed by atoms with Gasteiger partial charge in [0.2, 0.25) is 0 Å². The average molecular weight is 296 g/mol. The lowest BCUT2D eigenvalue weighted by Crippen LogP contribution is -2.12. The minimum absolute atomic E-state index is 0.0275. The van der Waals surface area contributed by atoms with E-state index in [4.69, 9.17) is 16.3 Å². The third kappa shape index (κ3) is 3.00. The summed E-state index contributed by atoms with van der Waals surface area (Å²) in [7, 11) is 1.45. The molecule has 2 aromatic rings. The molecule has 0 atom stereocenters. The van der Waals surface area contributed by atoms with Gasteiger partial charge < -0.3 is 15.2 Å². The van der Waals surface area contributed by atoms with E-state index in [-0.39, 0.29) is 22.0 Å². The lowest BCUT2D eigenvalue weighted by Gasteiger charge is -2.09. The Morgan fingerprint density at radius 3 is 2.70 bits per heavy atom. The lowest BCUT2D eigenvalue weighted by atomic mass is 10.1. The number of amides is 1.